The second-order valence-corrected chi connectivity index (χ2v) is 3.41. The van der Waals surface area contributed by atoms with E-state index in [2.05, 4.69) is 4.74 Å². The van der Waals surface area contributed by atoms with Gasteiger partial charge in [0, 0.05) is 20.6 Å². The van der Waals surface area contributed by atoms with Crippen molar-refractivity contribution in [2.45, 2.75) is 12.5 Å². The quantitative estimate of drug-likeness (QED) is 0.561. The summed E-state index contributed by atoms with van der Waals surface area (Å²) in [4.78, 5) is 22.9. The summed E-state index contributed by atoms with van der Waals surface area (Å²) in [6, 6.07) is -0.714. The molecule has 0 unspecified atom stereocenters. The molecule has 0 aliphatic heterocycles. The predicted octanol–water partition coefficient (Wildman–Crippen LogP) is -0.645. The van der Waals surface area contributed by atoms with Gasteiger partial charge in [0.05, 0.1) is 32.3 Å². The van der Waals surface area contributed by atoms with Crippen molar-refractivity contribution in [1.82, 2.24) is 0 Å². The summed E-state index contributed by atoms with van der Waals surface area (Å²) >= 11 is 0. The first-order valence-electron chi connectivity index (χ1n) is 4.90. The highest BCUT2D eigenvalue weighted by molar-refractivity contribution is 5.88. The molecule has 0 saturated heterocycles. The standard InChI is InChI=1S/C10H19NO5/c1-14-5-7(10(13)16-3)4-9(12)8(11)6-15-2/h7-8H,4-6,11H2,1-3H3/t7-,8-/m0/s1. The Kier molecular flexibility index (Phi) is 7.70. The van der Waals surface area contributed by atoms with E-state index in [0.29, 0.717) is 0 Å². The molecule has 2 atom stereocenters. The average molecular weight is 233 g/mol. The summed E-state index contributed by atoms with van der Waals surface area (Å²) in [6.07, 6.45) is 0.00500. The molecule has 16 heavy (non-hydrogen) atoms. The van der Waals surface area contributed by atoms with E-state index in [9.17, 15) is 9.59 Å². The van der Waals surface area contributed by atoms with Gasteiger partial charge < -0.3 is 19.9 Å². The molecular formula is C10H19NO5. The molecule has 0 rings (SSSR count). The average Bonchev–Trinajstić information content (AvgIpc) is 2.27. The minimum Gasteiger partial charge on any atom is -0.469 e. The van der Waals surface area contributed by atoms with Crippen LogP contribution in [0, 0.1) is 5.92 Å². The second kappa shape index (κ2) is 8.20. The van der Waals surface area contributed by atoms with Crippen LogP contribution in [-0.2, 0) is 23.8 Å². The van der Waals surface area contributed by atoms with Gasteiger partial charge in [0.2, 0.25) is 0 Å². The maximum atomic E-state index is 11.6. The van der Waals surface area contributed by atoms with Gasteiger partial charge in [-0.3, -0.25) is 9.59 Å². The summed E-state index contributed by atoms with van der Waals surface area (Å²) in [5.41, 5.74) is 5.55. The molecule has 0 aromatic rings. The summed E-state index contributed by atoms with van der Waals surface area (Å²) < 4.78 is 14.2. The van der Waals surface area contributed by atoms with E-state index in [1.54, 1.807) is 0 Å². The van der Waals surface area contributed by atoms with Crippen LogP contribution in [0.25, 0.3) is 0 Å². The van der Waals surface area contributed by atoms with Crippen LogP contribution < -0.4 is 5.73 Å². The fraction of sp³-hybridized carbons (Fsp3) is 0.800. The topological polar surface area (TPSA) is 87.9 Å². The third-order valence-electron chi connectivity index (χ3n) is 2.11. The molecule has 0 aliphatic carbocycles. The molecule has 6 heteroatoms. The number of esters is 1. The summed E-state index contributed by atoms with van der Waals surface area (Å²) in [7, 11) is 4.18. The number of rotatable bonds is 8. The molecule has 2 N–H and O–H groups in total. The lowest BCUT2D eigenvalue weighted by Gasteiger charge is -2.15. The van der Waals surface area contributed by atoms with E-state index in [4.69, 9.17) is 15.2 Å². The Morgan fingerprint density at radius 3 is 2.12 bits per heavy atom. The Morgan fingerprint density at radius 2 is 1.69 bits per heavy atom. The van der Waals surface area contributed by atoms with Crippen molar-refractivity contribution in [2.24, 2.45) is 11.7 Å². The van der Waals surface area contributed by atoms with Crippen molar-refractivity contribution in [3.05, 3.63) is 0 Å². The van der Waals surface area contributed by atoms with Crippen molar-refractivity contribution in [1.29, 1.82) is 0 Å². The van der Waals surface area contributed by atoms with Crippen molar-refractivity contribution in [3.63, 3.8) is 0 Å². The van der Waals surface area contributed by atoms with Crippen LogP contribution in [0.2, 0.25) is 0 Å². The zero-order chi connectivity index (χ0) is 12.6. The van der Waals surface area contributed by atoms with Crippen LogP contribution in [0.5, 0.6) is 0 Å². The summed E-state index contributed by atoms with van der Waals surface area (Å²) in [5.74, 6) is -1.32. The highest BCUT2D eigenvalue weighted by Gasteiger charge is 2.25. The first-order valence-corrected chi connectivity index (χ1v) is 4.90. The van der Waals surface area contributed by atoms with Crippen LogP contribution in [-0.4, -0.2) is 52.3 Å². The zero-order valence-corrected chi connectivity index (χ0v) is 9.89. The molecule has 94 valence electrons. The molecule has 0 radical (unpaired) electrons. The Bertz CT molecular complexity index is 231. The fourth-order valence-electron chi connectivity index (χ4n) is 1.24. The monoisotopic (exact) mass is 233 g/mol. The third-order valence-corrected chi connectivity index (χ3v) is 2.11. The van der Waals surface area contributed by atoms with E-state index in [1.165, 1.54) is 21.3 Å². The first kappa shape index (κ1) is 15.0. The molecule has 0 fully saturated rings. The lowest BCUT2D eigenvalue weighted by molar-refractivity contribution is -0.149. The minimum atomic E-state index is -0.714. The van der Waals surface area contributed by atoms with Gasteiger partial charge in [-0.05, 0) is 0 Å². The number of hydrogen-bond donors (Lipinski definition) is 1. The number of hydrogen-bond acceptors (Lipinski definition) is 6. The maximum Gasteiger partial charge on any atom is 0.311 e. The molecule has 0 aliphatic rings. The van der Waals surface area contributed by atoms with Gasteiger partial charge in [-0.2, -0.15) is 0 Å². The molecule has 6 nitrogen and oxygen atoms in total. The van der Waals surface area contributed by atoms with Gasteiger partial charge in [-0.15, -0.1) is 0 Å². The van der Waals surface area contributed by atoms with Crippen molar-refractivity contribution >= 4 is 11.8 Å². The maximum absolute atomic E-state index is 11.6. The molecule has 0 heterocycles. The molecule has 0 bridgehead atoms. The number of Topliss-reactive ketones (excluding diaryl/α,β-unsaturated/α-hetero) is 1. The Labute approximate surface area is 95.0 Å². The Morgan fingerprint density at radius 1 is 1.12 bits per heavy atom. The van der Waals surface area contributed by atoms with E-state index in [-0.39, 0.29) is 25.4 Å². The Hall–Kier alpha value is -0.980. The summed E-state index contributed by atoms with van der Waals surface area (Å²) in [6.45, 7) is 0.276. The number of nitrogens with two attached hydrogens (primary N) is 1. The van der Waals surface area contributed by atoms with Crippen LogP contribution in [0.15, 0.2) is 0 Å². The summed E-state index contributed by atoms with van der Waals surface area (Å²) in [5, 5.41) is 0. The van der Waals surface area contributed by atoms with Gasteiger partial charge in [0.25, 0.3) is 0 Å². The molecular weight excluding hydrogens is 214 g/mol. The van der Waals surface area contributed by atoms with Crippen molar-refractivity contribution in [2.75, 3.05) is 34.5 Å². The minimum absolute atomic E-state index is 0.00500. The molecule has 0 amide bonds. The van der Waals surface area contributed by atoms with Crippen LogP contribution >= 0.6 is 0 Å². The smallest absolute Gasteiger partial charge is 0.311 e. The van der Waals surface area contributed by atoms with Crippen molar-refractivity contribution in [3.8, 4) is 0 Å². The molecule has 0 spiro atoms. The number of ketones is 1. The van der Waals surface area contributed by atoms with Crippen LogP contribution in [0.1, 0.15) is 6.42 Å². The van der Waals surface area contributed by atoms with Gasteiger partial charge in [0.15, 0.2) is 5.78 Å². The van der Waals surface area contributed by atoms with Gasteiger partial charge in [0.1, 0.15) is 0 Å². The predicted molar refractivity (Wildman–Crippen MR) is 56.9 cm³/mol. The van der Waals surface area contributed by atoms with Crippen molar-refractivity contribution < 1.29 is 23.8 Å². The van der Waals surface area contributed by atoms with E-state index in [1.807, 2.05) is 0 Å². The van der Waals surface area contributed by atoms with Crippen LogP contribution in [0.3, 0.4) is 0 Å². The lowest BCUT2D eigenvalue weighted by atomic mass is 10.00. The first-order chi connectivity index (χ1) is 7.56. The lowest BCUT2D eigenvalue weighted by Crippen LogP contribution is -2.37. The number of carbonyl (C=O) groups is 2. The van der Waals surface area contributed by atoms with E-state index < -0.39 is 17.9 Å². The second-order valence-electron chi connectivity index (χ2n) is 3.41. The number of ether oxygens (including phenoxy) is 3. The van der Waals surface area contributed by atoms with Gasteiger partial charge in [-0.1, -0.05) is 0 Å². The van der Waals surface area contributed by atoms with Crippen LogP contribution in [0.4, 0.5) is 0 Å². The van der Waals surface area contributed by atoms with E-state index in [0.717, 1.165) is 0 Å². The number of methoxy groups -OCH3 is 3. The molecule has 0 saturated carbocycles. The highest BCUT2D eigenvalue weighted by Crippen LogP contribution is 2.08. The Balaban J connectivity index is 4.27. The van der Waals surface area contributed by atoms with Gasteiger partial charge in [-0.25, -0.2) is 0 Å². The van der Waals surface area contributed by atoms with E-state index >= 15 is 0 Å². The zero-order valence-electron chi connectivity index (χ0n) is 9.89. The largest absolute Gasteiger partial charge is 0.469 e. The number of carbonyl (C=O) groups excluding carboxylic acids is 2. The molecule has 0 aromatic heterocycles. The highest BCUT2D eigenvalue weighted by atomic mass is 16.5. The third kappa shape index (κ3) is 5.20. The normalized spacial score (nSPS) is 14.2. The SMILES string of the molecule is COC[C@H](CC(=O)[C@@H](N)COC)C(=O)OC. The fourth-order valence-corrected chi connectivity index (χ4v) is 1.24. The van der Waals surface area contributed by atoms with Gasteiger partial charge >= 0.3 is 5.97 Å². The molecule has 0 aromatic carbocycles.